The van der Waals surface area contributed by atoms with Crippen molar-refractivity contribution in [3.05, 3.63) is 66.0 Å². The van der Waals surface area contributed by atoms with E-state index in [1.54, 1.807) is 35.0 Å². The van der Waals surface area contributed by atoms with Gasteiger partial charge in [-0.2, -0.15) is 5.06 Å². The Hall–Kier alpha value is -2.60. The number of nitrogens with zero attached hydrogens (tertiary/aromatic N) is 2. The molecule has 0 N–H and O–H groups in total. The Bertz CT molecular complexity index is 837. The molecule has 2 aliphatic rings. The van der Waals surface area contributed by atoms with Gasteiger partial charge in [-0.1, -0.05) is 36.0 Å². The molecule has 0 saturated carbocycles. The number of para-hydroxylation sites is 2. The Labute approximate surface area is 144 Å². The molecule has 2 heterocycles. The minimum Gasteiger partial charge on any atom is -0.496 e. The van der Waals surface area contributed by atoms with Crippen LogP contribution in [0, 0.1) is 0 Å². The van der Waals surface area contributed by atoms with E-state index < -0.39 is 5.97 Å². The Kier molecular flexibility index (Phi) is 3.61. The predicted molar refractivity (Wildman–Crippen MR) is 92.6 cm³/mol. The maximum absolute atomic E-state index is 12.6. The molecular weight excluding hydrogens is 324 g/mol. The van der Waals surface area contributed by atoms with Crippen LogP contribution in [0.25, 0.3) is 0 Å². The number of methoxy groups -OCH3 is 1. The highest BCUT2D eigenvalue weighted by Gasteiger charge is 2.41. The van der Waals surface area contributed by atoms with E-state index in [4.69, 9.17) is 9.57 Å². The number of hydroxylamine groups is 2. The molecule has 2 aliphatic heterocycles. The molecule has 122 valence electrons. The van der Waals surface area contributed by atoms with E-state index >= 15 is 0 Å². The quantitative estimate of drug-likeness (QED) is 0.846. The third kappa shape index (κ3) is 2.30. The summed E-state index contributed by atoms with van der Waals surface area (Å²) in [5.74, 6) is 0.0705. The van der Waals surface area contributed by atoms with E-state index in [1.165, 1.54) is 12.0 Å². The molecule has 2 aromatic rings. The zero-order chi connectivity index (χ0) is 16.7. The van der Waals surface area contributed by atoms with Crippen molar-refractivity contribution >= 4 is 23.4 Å². The fourth-order valence-corrected chi connectivity index (χ4v) is 4.13. The summed E-state index contributed by atoms with van der Waals surface area (Å²) in [6.07, 6.45) is 2.00. The van der Waals surface area contributed by atoms with Crippen LogP contribution < -0.4 is 9.64 Å². The van der Waals surface area contributed by atoms with Crippen molar-refractivity contribution < 1.29 is 14.4 Å². The average Bonchev–Trinajstić information content (AvgIpc) is 3.11. The van der Waals surface area contributed by atoms with E-state index in [2.05, 4.69) is 17.0 Å². The fraction of sp³-hybridized carbons (Fsp3) is 0.167. The predicted octanol–water partition coefficient (Wildman–Crippen LogP) is 3.84. The first-order valence-electron chi connectivity index (χ1n) is 7.56. The van der Waals surface area contributed by atoms with Crippen molar-refractivity contribution in [1.82, 2.24) is 5.06 Å². The second-order valence-electron chi connectivity index (χ2n) is 5.49. The summed E-state index contributed by atoms with van der Waals surface area (Å²) in [5.41, 5.74) is 2.31. The smallest absolute Gasteiger partial charge is 0.366 e. The summed E-state index contributed by atoms with van der Waals surface area (Å²) < 4.78 is 5.25. The first-order chi connectivity index (χ1) is 11.7. The standard InChI is InChI=1S/C18H16N2O3S/c1-12-11-19-14-8-4-6-10-16(14)24-18(19)20(12)23-17(21)13-7-3-5-9-15(13)22-2/h3-11,18H,1-2H3. The van der Waals surface area contributed by atoms with Gasteiger partial charge in [0.05, 0.1) is 18.5 Å². The third-order valence-electron chi connectivity index (χ3n) is 4.00. The number of rotatable bonds is 3. The normalized spacial score (nSPS) is 18.1. The number of allylic oxidation sites excluding steroid dienone is 1. The monoisotopic (exact) mass is 340 g/mol. The summed E-state index contributed by atoms with van der Waals surface area (Å²) in [7, 11) is 1.54. The largest absolute Gasteiger partial charge is 0.496 e. The van der Waals surface area contributed by atoms with Crippen molar-refractivity contribution in [2.24, 2.45) is 0 Å². The number of ether oxygens (including phenoxy) is 1. The molecule has 0 radical (unpaired) electrons. The lowest BCUT2D eigenvalue weighted by Gasteiger charge is -2.26. The molecule has 0 amide bonds. The number of fused-ring (bicyclic) bond motifs is 3. The minimum absolute atomic E-state index is 0.110. The van der Waals surface area contributed by atoms with Gasteiger partial charge in [-0.15, -0.1) is 0 Å². The molecule has 5 nitrogen and oxygen atoms in total. The second kappa shape index (κ2) is 5.79. The number of hydrogen-bond donors (Lipinski definition) is 0. The molecule has 0 saturated heterocycles. The zero-order valence-corrected chi connectivity index (χ0v) is 14.1. The Morgan fingerprint density at radius 2 is 1.88 bits per heavy atom. The summed E-state index contributed by atoms with van der Waals surface area (Å²) in [6.45, 7) is 1.93. The van der Waals surface area contributed by atoms with Crippen molar-refractivity contribution in [2.45, 2.75) is 17.3 Å². The highest BCUT2D eigenvalue weighted by molar-refractivity contribution is 8.00. The van der Waals surface area contributed by atoms with E-state index in [-0.39, 0.29) is 5.50 Å². The average molecular weight is 340 g/mol. The van der Waals surface area contributed by atoms with Crippen LogP contribution in [-0.4, -0.2) is 23.6 Å². The SMILES string of the molecule is COc1ccccc1C(=O)ON1C(C)=CN2c3ccccc3SC12. The molecule has 6 heteroatoms. The van der Waals surface area contributed by atoms with Gasteiger partial charge in [0.15, 0.2) is 5.50 Å². The Morgan fingerprint density at radius 3 is 2.71 bits per heavy atom. The van der Waals surface area contributed by atoms with Gasteiger partial charge < -0.3 is 14.5 Å². The molecule has 4 rings (SSSR count). The Morgan fingerprint density at radius 1 is 1.12 bits per heavy atom. The maximum Gasteiger partial charge on any atom is 0.366 e. The summed E-state index contributed by atoms with van der Waals surface area (Å²) in [4.78, 5) is 21.6. The second-order valence-corrected chi connectivity index (χ2v) is 6.59. The van der Waals surface area contributed by atoms with Gasteiger partial charge in [-0.25, -0.2) is 4.79 Å². The molecule has 2 aromatic carbocycles. The topological polar surface area (TPSA) is 42.0 Å². The first-order valence-corrected chi connectivity index (χ1v) is 8.44. The van der Waals surface area contributed by atoms with Gasteiger partial charge in [0.25, 0.3) is 0 Å². The van der Waals surface area contributed by atoms with Crippen LogP contribution in [0.15, 0.2) is 65.3 Å². The molecule has 0 fully saturated rings. The van der Waals surface area contributed by atoms with Gasteiger partial charge in [0.2, 0.25) is 0 Å². The van der Waals surface area contributed by atoms with Crippen LogP contribution in [-0.2, 0) is 4.84 Å². The molecule has 0 aliphatic carbocycles. The van der Waals surface area contributed by atoms with Gasteiger partial charge in [0, 0.05) is 11.1 Å². The highest BCUT2D eigenvalue weighted by atomic mass is 32.2. The highest BCUT2D eigenvalue weighted by Crippen LogP contribution is 2.48. The molecule has 1 atom stereocenters. The van der Waals surface area contributed by atoms with E-state index in [0.29, 0.717) is 11.3 Å². The molecule has 1 unspecified atom stereocenters. The van der Waals surface area contributed by atoms with Crippen molar-refractivity contribution in [3.8, 4) is 5.75 Å². The maximum atomic E-state index is 12.6. The van der Waals surface area contributed by atoms with Crippen molar-refractivity contribution in [3.63, 3.8) is 0 Å². The van der Waals surface area contributed by atoms with Gasteiger partial charge in [-0.3, -0.25) is 0 Å². The van der Waals surface area contributed by atoms with Crippen LogP contribution in [0.3, 0.4) is 0 Å². The zero-order valence-electron chi connectivity index (χ0n) is 13.3. The van der Waals surface area contributed by atoms with Gasteiger partial charge in [-0.05, 0) is 31.2 Å². The molecule has 0 aromatic heterocycles. The van der Waals surface area contributed by atoms with E-state index in [0.717, 1.165) is 11.4 Å². The number of carbonyl (C=O) groups excluding carboxylic acids is 1. The van der Waals surface area contributed by atoms with E-state index in [9.17, 15) is 4.79 Å². The summed E-state index contributed by atoms with van der Waals surface area (Å²) in [6, 6.07) is 15.2. The van der Waals surface area contributed by atoms with Crippen molar-refractivity contribution in [1.29, 1.82) is 0 Å². The fourth-order valence-electron chi connectivity index (χ4n) is 2.85. The Balaban J connectivity index is 1.58. The number of carbonyl (C=O) groups is 1. The minimum atomic E-state index is -0.432. The third-order valence-corrected chi connectivity index (χ3v) is 5.22. The van der Waals surface area contributed by atoms with E-state index in [1.807, 2.05) is 31.3 Å². The number of anilines is 1. The lowest BCUT2D eigenvalue weighted by molar-refractivity contribution is -0.0829. The van der Waals surface area contributed by atoms with Crippen LogP contribution >= 0.6 is 11.8 Å². The molecule has 0 bridgehead atoms. The van der Waals surface area contributed by atoms with Crippen LogP contribution in [0.5, 0.6) is 5.75 Å². The molecule has 24 heavy (non-hydrogen) atoms. The van der Waals surface area contributed by atoms with Crippen LogP contribution in [0.1, 0.15) is 17.3 Å². The molecular formula is C18H16N2O3S. The van der Waals surface area contributed by atoms with Crippen LogP contribution in [0.4, 0.5) is 5.69 Å². The first kappa shape index (κ1) is 15.0. The van der Waals surface area contributed by atoms with Crippen LogP contribution in [0.2, 0.25) is 0 Å². The van der Waals surface area contributed by atoms with Gasteiger partial charge in [0.1, 0.15) is 11.3 Å². The molecule has 0 spiro atoms. The van der Waals surface area contributed by atoms with Gasteiger partial charge >= 0.3 is 5.97 Å². The lowest BCUT2D eigenvalue weighted by atomic mass is 10.2. The number of benzene rings is 2. The lowest BCUT2D eigenvalue weighted by Crippen LogP contribution is -2.35. The number of thioether (sulfide) groups is 1. The van der Waals surface area contributed by atoms with Crippen molar-refractivity contribution in [2.75, 3.05) is 12.0 Å². The number of hydrogen-bond acceptors (Lipinski definition) is 6. The summed E-state index contributed by atoms with van der Waals surface area (Å²) in [5, 5.41) is 1.65. The summed E-state index contributed by atoms with van der Waals surface area (Å²) >= 11 is 1.66.